The van der Waals surface area contributed by atoms with E-state index >= 15 is 0 Å². The third kappa shape index (κ3) is 2.42. The molecule has 0 aliphatic carbocycles. The summed E-state index contributed by atoms with van der Waals surface area (Å²) in [5.41, 5.74) is 2.06. The van der Waals surface area contributed by atoms with Gasteiger partial charge in [-0.2, -0.15) is 0 Å². The molecule has 0 amide bonds. The van der Waals surface area contributed by atoms with Crippen LogP contribution in [-0.2, 0) is 6.61 Å². The molecule has 0 unspecified atom stereocenters. The van der Waals surface area contributed by atoms with Gasteiger partial charge in [0.05, 0.1) is 19.9 Å². The first-order valence-corrected chi connectivity index (χ1v) is 5.13. The summed E-state index contributed by atoms with van der Waals surface area (Å²) >= 11 is 0. The minimum atomic E-state index is -0.367. The number of aliphatic hydroxyl groups is 1. The van der Waals surface area contributed by atoms with Gasteiger partial charge in [0.2, 0.25) is 0 Å². The fourth-order valence-electron chi connectivity index (χ4n) is 1.65. The summed E-state index contributed by atoms with van der Waals surface area (Å²) < 4.78 is 18.1. The monoisotopic (exact) mass is 233 g/mol. The topological polar surface area (TPSA) is 42.4 Å². The van der Waals surface area contributed by atoms with Crippen LogP contribution in [0.1, 0.15) is 5.56 Å². The Morgan fingerprint density at radius 2 is 2.12 bits per heavy atom. The van der Waals surface area contributed by atoms with E-state index < -0.39 is 0 Å². The molecule has 1 heterocycles. The van der Waals surface area contributed by atoms with Crippen molar-refractivity contribution >= 4 is 0 Å². The molecule has 2 rings (SSSR count). The van der Waals surface area contributed by atoms with Crippen molar-refractivity contribution in [3.8, 4) is 16.9 Å². The zero-order chi connectivity index (χ0) is 12.3. The van der Waals surface area contributed by atoms with Crippen molar-refractivity contribution < 1.29 is 14.2 Å². The Morgan fingerprint density at radius 3 is 2.82 bits per heavy atom. The van der Waals surface area contributed by atoms with E-state index in [0.717, 1.165) is 11.1 Å². The Labute approximate surface area is 98.5 Å². The molecule has 4 heteroatoms. The average molecular weight is 233 g/mol. The molecule has 0 saturated heterocycles. The predicted molar refractivity (Wildman–Crippen MR) is 62.1 cm³/mol. The highest BCUT2D eigenvalue weighted by Crippen LogP contribution is 2.26. The highest BCUT2D eigenvalue weighted by Gasteiger charge is 2.07. The van der Waals surface area contributed by atoms with Gasteiger partial charge in [0.25, 0.3) is 0 Å². The SMILES string of the molecule is COc1cncc(-c2ccc(F)cc2CO)c1. The summed E-state index contributed by atoms with van der Waals surface area (Å²) in [6.07, 6.45) is 3.24. The van der Waals surface area contributed by atoms with Crippen molar-refractivity contribution in [2.45, 2.75) is 6.61 Å². The van der Waals surface area contributed by atoms with Crippen LogP contribution in [0, 0.1) is 5.82 Å². The number of aliphatic hydroxyl groups excluding tert-OH is 1. The molecule has 0 spiro atoms. The van der Waals surface area contributed by atoms with E-state index in [4.69, 9.17) is 4.74 Å². The molecule has 1 aromatic carbocycles. The molecule has 1 N–H and O–H groups in total. The summed E-state index contributed by atoms with van der Waals surface area (Å²) in [5.74, 6) is 0.254. The molecule has 88 valence electrons. The molecular formula is C13H12FNO2. The Balaban J connectivity index is 2.51. The number of halogens is 1. The highest BCUT2D eigenvalue weighted by atomic mass is 19.1. The molecule has 0 saturated carbocycles. The summed E-state index contributed by atoms with van der Waals surface area (Å²) in [6, 6.07) is 6.08. The number of pyridine rings is 1. The Hall–Kier alpha value is -1.94. The first kappa shape index (κ1) is 11.5. The van der Waals surface area contributed by atoms with E-state index in [0.29, 0.717) is 11.3 Å². The first-order valence-electron chi connectivity index (χ1n) is 5.13. The van der Waals surface area contributed by atoms with E-state index in [-0.39, 0.29) is 12.4 Å². The lowest BCUT2D eigenvalue weighted by atomic mass is 10.0. The van der Waals surface area contributed by atoms with Gasteiger partial charge in [-0.3, -0.25) is 4.98 Å². The number of hydrogen-bond acceptors (Lipinski definition) is 3. The van der Waals surface area contributed by atoms with E-state index in [1.54, 1.807) is 31.6 Å². The van der Waals surface area contributed by atoms with Crippen molar-refractivity contribution in [2.24, 2.45) is 0 Å². The van der Waals surface area contributed by atoms with Gasteiger partial charge in [0, 0.05) is 11.8 Å². The summed E-state index contributed by atoms with van der Waals surface area (Å²) in [5, 5.41) is 9.21. The lowest BCUT2D eigenvalue weighted by Crippen LogP contribution is -1.92. The second kappa shape index (κ2) is 4.93. The van der Waals surface area contributed by atoms with Crippen LogP contribution in [0.3, 0.4) is 0 Å². The van der Waals surface area contributed by atoms with Crippen molar-refractivity contribution in [3.63, 3.8) is 0 Å². The molecule has 3 nitrogen and oxygen atoms in total. The highest BCUT2D eigenvalue weighted by molar-refractivity contribution is 5.67. The fourth-order valence-corrected chi connectivity index (χ4v) is 1.65. The standard InChI is InChI=1S/C13H12FNO2/c1-17-12-5-9(6-15-7-12)13-3-2-11(14)4-10(13)8-16/h2-7,16H,8H2,1H3. The quantitative estimate of drug-likeness (QED) is 0.885. The van der Waals surface area contributed by atoms with Crippen LogP contribution in [-0.4, -0.2) is 17.2 Å². The maximum atomic E-state index is 13.0. The molecule has 1 aromatic heterocycles. The van der Waals surface area contributed by atoms with Crippen LogP contribution in [0.2, 0.25) is 0 Å². The van der Waals surface area contributed by atoms with Crippen LogP contribution >= 0.6 is 0 Å². The third-order valence-corrected chi connectivity index (χ3v) is 2.50. The number of rotatable bonds is 3. The summed E-state index contributed by atoms with van der Waals surface area (Å²) in [4.78, 5) is 4.03. The first-order chi connectivity index (χ1) is 8.24. The van der Waals surface area contributed by atoms with Crippen molar-refractivity contribution in [1.82, 2.24) is 4.98 Å². The number of ether oxygens (including phenoxy) is 1. The fraction of sp³-hybridized carbons (Fsp3) is 0.154. The molecule has 0 radical (unpaired) electrons. The van der Waals surface area contributed by atoms with Crippen molar-refractivity contribution in [1.29, 1.82) is 0 Å². The van der Waals surface area contributed by atoms with Gasteiger partial charge in [0.15, 0.2) is 0 Å². The van der Waals surface area contributed by atoms with Gasteiger partial charge in [-0.15, -0.1) is 0 Å². The van der Waals surface area contributed by atoms with Crippen LogP contribution in [0.4, 0.5) is 4.39 Å². The molecule has 0 fully saturated rings. The maximum Gasteiger partial charge on any atom is 0.137 e. The minimum absolute atomic E-state index is 0.218. The Bertz CT molecular complexity index is 529. The largest absolute Gasteiger partial charge is 0.495 e. The lowest BCUT2D eigenvalue weighted by molar-refractivity contribution is 0.282. The van der Waals surface area contributed by atoms with Crippen molar-refractivity contribution in [2.75, 3.05) is 7.11 Å². The van der Waals surface area contributed by atoms with Crippen LogP contribution in [0.25, 0.3) is 11.1 Å². The van der Waals surface area contributed by atoms with Crippen LogP contribution < -0.4 is 4.74 Å². The second-order valence-corrected chi connectivity index (χ2v) is 3.57. The van der Waals surface area contributed by atoms with Gasteiger partial charge < -0.3 is 9.84 Å². The molecule has 0 atom stereocenters. The zero-order valence-electron chi connectivity index (χ0n) is 9.35. The van der Waals surface area contributed by atoms with E-state index in [1.165, 1.54) is 12.1 Å². The number of nitrogens with zero attached hydrogens (tertiary/aromatic N) is 1. The van der Waals surface area contributed by atoms with E-state index in [2.05, 4.69) is 4.98 Å². The number of methoxy groups -OCH3 is 1. The van der Waals surface area contributed by atoms with Gasteiger partial charge in [0.1, 0.15) is 11.6 Å². The average Bonchev–Trinajstić information content (AvgIpc) is 2.38. The van der Waals surface area contributed by atoms with Gasteiger partial charge in [-0.1, -0.05) is 6.07 Å². The third-order valence-electron chi connectivity index (χ3n) is 2.50. The summed E-state index contributed by atoms with van der Waals surface area (Å²) in [6.45, 7) is -0.218. The minimum Gasteiger partial charge on any atom is -0.495 e. The number of benzene rings is 1. The van der Waals surface area contributed by atoms with Crippen molar-refractivity contribution in [3.05, 3.63) is 48.0 Å². The number of hydrogen-bond donors (Lipinski definition) is 1. The van der Waals surface area contributed by atoms with Gasteiger partial charge in [-0.25, -0.2) is 4.39 Å². The molecular weight excluding hydrogens is 221 g/mol. The molecule has 0 aliphatic heterocycles. The molecule has 17 heavy (non-hydrogen) atoms. The Morgan fingerprint density at radius 1 is 1.29 bits per heavy atom. The predicted octanol–water partition coefficient (Wildman–Crippen LogP) is 2.39. The van der Waals surface area contributed by atoms with Gasteiger partial charge >= 0.3 is 0 Å². The van der Waals surface area contributed by atoms with Gasteiger partial charge in [-0.05, 0) is 29.3 Å². The Kier molecular flexibility index (Phi) is 3.35. The van der Waals surface area contributed by atoms with E-state index in [9.17, 15) is 9.50 Å². The van der Waals surface area contributed by atoms with E-state index in [1.807, 2.05) is 0 Å². The maximum absolute atomic E-state index is 13.0. The second-order valence-electron chi connectivity index (χ2n) is 3.57. The smallest absolute Gasteiger partial charge is 0.137 e. The molecule has 0 bridgehead atoms. The van der Waals surface area contributed by atoms with Crippen LogP contribution in [0.15, 0.2) is 36.7 Å². The molecule has 2 aromatic rings. The normalized spacial score (nSPS) is 10.3. The van der Waals surface area contributed by atoms with Crippen LogP contribution in [0.5, 0.6) is 5.75 Å². The lowest BCUT2D eigenvalue weighted by Gasteiger charge is -2.08. The zero-order valence-corrected chi connectivity index (χ0v) is 9.35. The summed E-state index contributed by atoms with van der Waals surface area (Å²) in [7, 11) is 1.55. The molecule has 0 aliphatic rings. The number of aromatic nitrogens is 1.